The average Bonchev–Trinajstić information content (AvgIpc) is 3.11. The molecule has 136 valence electrons. The molecule has 0 aliphatic heterocycles. The van der Waals surface area contributed by atoms with E-state index in [1.165, 1.54) is 12.1 Å². The van der Waals surface area contributed by atoms with Crippen molar-refractivity contribution in [3.63, 3.8) is 0 Å². The number of rotatable bonds is 5. The number of imidazole rings is 1. The van der Waals surface area contributed by atoms with Crippen LogP contribution in [-0.4, -0.2) is 24.6 Å². The van der Waals surface area contributed by atoms with E-state index < -0.39 is 0 Å². The molecule has 0 unspecified atom stereocenters. The number of nitrogens with one attached hydrogen (secondary N) is 1. The molecule has 27 heavy (non-hydrogen) atoms. The summed E-state index contributed by atoms with van der Waals surface area (Å²) in [6.07, 6.45) is 4.98. The summed E-state index contributed by atoms with van der Waals surface area (Å²) in [4.78, 5) is 13.3. The predicted octanol–water partition coefficient (Wildman–Crippen LogP) is 3.62. The highest BCUT2D eigenvalue weighted by Crippen LogP contribution is 2.21. The Balaban J connectivity index is 1.64. The zero-order valence-corrected chi connectivity index (χ0v) is 14.7. The summed E-state index contributed by atoms with van der Waals surface area (Å²) < 4.78 is 14.9. The third-order valence-electron chi connectivity index (χ3n) is 4.40. The van der Waals surface area contributed by atoms with Gasteiger partial charge < -0.3 is 10.4 Å². The summed E-state index contributed by atoms with van der Waals surface area (Å²) in [5, 5.41) is 12.7. The molecule has 0 fully saturated rings. The van der Waals surface area contributed by atoms with E-state index in [4.69, 9.17) is 0 Å². The molecule has 0 bridgehead atoms. The molecule has 7 heteroatoms. The maximum absolute atomic E-state index is 13.1. The van der Waals surface area contributed by atoms with Gasteiger partial charge >= 0.3 is 0 Å². The van der Waals surface area contributed by atoms with Gasteiger partial charge in [-0.25, -0.2) is 14.4 Å². The molecule has 1 atom stereocenters. The second-order valence-electron chi connectivity index (χ2n) is 6.28. The molecular formula is C20H18FN5O. The number of hydrogen-bond acceptors (Lipinski definition) is 5. The molecule has 0 radical (unpaired) electrons. The van der Waals surface area contributed by atoms with Gasteiger partial charge in [-0.05, 0) is 42.3 Å². The Kier molecular flexibility index (Phi) is 4.52. The molecule has 0 aliphatic carbocycles. The fourth-order valence-electron chi connectivity index (χ4n) is 2.93. The van der Waals surface area contributed by atoms with Gasteiger partial charge in [0.15, 0.2) is 5.82 Å². The van der Waals surface area contributed by atoms with Gasteiger partial charge in [0.05, 0.1) is 30.0 Å². The van der Waals surface area contributed by atoms with Crippen LogP contribution >= 0.6 is 0 Å². The van der Waals surface area contributed by atoms with Crippen molar-refractivity contribution < 1.29 is 9.50 Å². The van der Waals surface area contributed by atoms with E-state index in [2.05, 4.69) is 20.3 Å². The van der Waals surface area contributed by atoms with Crippen molar-refractivity contribution in [3.8, 4) is 5.82 Å². The number of aromatic nitrogens is 4. The van der Waals surface area contributed by atoms with E-state index in [0.29, 0.717) is 11.6 Å². The number of benzene rings is 2. The molecule has 2 N–H and O–H groups in total. The minimum Gasteiger partial charge on any atom is -0.392 e. The first-order valence-corrected chi connectivity index (χ1v) is 8.55. The summed E-state index contributed by atoms with van der Waals surface area (Å²) in [6, 6.07) is 11.9. The number of hydrogen-bond donors (Lipinski definition) is 2. The van der Waals surface area contributed by atoms with E-state index in [-0.39, 0.29) is 18.5 Å². The van der Waals surface area contributed by atoms with E-state index >= 15 is 0 Å². The zero-order valence-electron chi connectivity index (χ0n) is 14.7. The predicted molar refractivity (Wildman–Crippen MR) is 101 cm³/mol. The Morgan fingerprint density at radius 2 is 1.96 bits per heavy atom. The van der Waals surface area contributed by atoms with Gasteiger partial charge in [-0.1, -0.05) is 18.2 Å². The third kappa shape index (κ3) is 3.50. The van der Waals surface area contributed by atoms with Crippen molar-refractivity contribution in [2.75, 3.05) is 5.32 Å². The monoisotopic (exact) mass is 363 g/mol. The summed E-state index contributed by atoms with van der Waals surface area (Å²) >= 11 is 0. The van der Waals surface area contributed by atoms with Gasteiger partial charge in [0.2, 0.25) is 0 Å². The summed E-state index contributed by atoms with van der Waals surface area (Å²) in [5.41, 5.74) is 3.41. The Hall–Kier alpha value is -3.32. The molecule has 0 aliphatic rings. The van der Waals surface area contributed by atoms with Gasteiger partial charge in [0, 0.05) is 6.04 Å². The van der Waals surface area contributed by atoms with Crippen molar-refractivity contribution in [2.45, 2.75) is 19.6 Å². The fourth-order valence-corrected chi connectivity index (χ4v) is 2.93. The number of anilines is 1. The van der Waals surface area contributed by atoms with E-state index in [9.17, 15) is 9.50 Å². The molecule has 2 heterocycles. The molecule has 4 aromatic rings. The highest BCUT2D eigenvalue weighted by Gasteiger charge is 2.10. The Labute approximate surface area is 155 Å². The molecule has 2 aromatic heterocycles. The molecule has 6 nitrogen and oxygen atoms in total. The number of aliphatic hydroxyl groups is 1. The Morgan fingerprint density at radius 1 is 1.15 bits per heavy atom. The van der Waals surface area contributed by atoms with Crippen LogP contribution in [0.5, 0.6) is 0 Å². The smallest absolute Gasteiger partial charge is 0.159 e. The number of nitrogens with zero attached hydrogens (tertiary/aromatic N) is 4. The average molecular weight is 363 g/mol. The number of aliphatic hydroxyl groups excluding tert-OH is 1. The van der Waals surface area contributed by atoms with Crippen LogP contribution in [-0.2, 0) is 6.61 Å². The van der Waals surface area contributed by atoms with Crippen molar-refractivity contribution in [3.05, 3.63) is 78.1 Å². The van der Waals surface area contributed by atoms with Crippen molar-refractivity contribution in [1.82, 2.24) is 19.5 Å². The first kappa shape index (κ1) is 17.1. The lowest BCUT2D eigenvalue weighted by atomic mass is 10.1. The quantitative estimate of drug-likeness (QED) is 0.566. The van der Waals surface area contributed by atoms with Crippen molar-refractivity contribution >= 4 is 16.9 Å². The highest BCUT2D eigenvalue weighted by atomic mass is 19.1. The Bertz CT molecular complexity index is 1080. The zero-order chi connectivity index (χ0) is 18.8. The SMILES string of the molecule is C[C@H](Nc1cncc(-n2cnc3ccc(CO)cc32)n1)c1ccc(F)cc1. The van der Waals surface area contributed by atoms with Crippen molar-refractivity contribution in [1.29, 1.82) is 0 Å². The Morgan fingerprint density at radius 3 is 2.74 bits per heavy atom. The van der Waals surface area contributed by atoms with Gasteiger partial charge in [0.25, 0.3) is 0 Å². The minimum atomic E-state index is -0.262. The van der Waals surface area contributed by atoms with Crippen LogP contribution in [0, 0.1) is 5.82 Å². The lowest BCUT2D eigenvalue weighted by molar-refractivity contribution is 0.282. The largest absolute Gasteiger partial charge is 0.392 e. The summed E-state index contributed by atoms with van der Waals surface area (Å²) in [5.74, 6) is 0.954. The molecule has 0 spiro atoms. The van der Waals surface area contributed by atoms with Crippen LogP contribution < -0.4 is 5.32 Å². The van der Waals surface area contributed by atoms with Crippen LogP contribution in [0.1, 0.15) is 24.1 Å². The number of fused-ring (bicyclic) bond motifs is 1. The summed E-state index contributed by atoms with van der Waals surface area (Å²) in [6.45, 7) is 1.94. The van der Waals surface area contributed by atoms with E-state index in [1.54, 1.807) is 30.9 Å². The molecular weight excluding hydrogens is 345 g/mol. The minimum absolute atomic E-state index is 0.0381. The van der Waals surface area contributed by atoms with Crippen LogP contribution in [0.15, 0.2) is 61.2 Å². The normalized spacial score (nSPS) is 12.3. The highest BCUT2D eigenvalue weighted by molar-refractivity contribution is 5.77. The van der Waals surface area contributed by atoms with Crippen molar-refractivity contribution in [2.24, 2.45) is 0 Å². The fraction of sp³-hybridized carbons (Fsp3) is 0.150. The van der Waals surface area contributed by atoms with E-state index in [0.717, 1.165) is 22.2 Å². The first-order chi connectivity index (χ1) is 13.1. The molecule has 0 amide bonds. The maximum Gasteiger partial charge on any atom is 0.159 e. The van der Waals surface area contributed by atoms with Gasteiger partial charge in [-0.15, -0.1) is 0 Å². The molecule has 2 aromatic carbocycles. The third-order valence-corrected chi connectivity index (χ3v) is 4.40. The van der Waals surface area contributed by atoms with Gasteiger partial charge in [0.1, 0.15) is 18.0 Å². The van der Waals surface area contributed by atoms with Crippen LogP contribution in [0.25, 0.3) is 16.9 Å². The van der Waals surface area contributed by atoms with Crippen LogP contribution in [0.3, 0.4) is 0 Å². The molecule has 0 saturated heterocycles. The first-order valence-electron chi connectivity index (χ1n) is 8.55. The van der Waals surface area contributed by atoms with Gasteiger partial charge in [-0.3, -0.25) is 9.55 Å². The van der Waals surface area contributed by atoms with Crippen LogP contribution in [0.4, 0.5) is 10.2 Å². The lowest BCUT2D eigenvalue weighted by Crippen LogP contribution is -2.09. The second kappa shape index (κ2) is 7.13. The van der Waals surface area contributed by atoms with Crippen LogP contribution in [0.2, 0.25) is 0 Å². The lowest BCUT2D eigenvalue weighted by Gasteiger charge is -2.15. The standard InChI is InChI=1S/C20H18FN5O/c1-13(15-3-5-16(21)6-4-15)24-19-9-22-10-20(25-19)26-12-23-17-7-2-14(11-27)8-18(17)26/h2-10,12-13,27H,11H2,1H3,(H,24,25)/t13-/m0/s1. The molecule has 0 saturated carbocycles. The maximum atomic E-state index is 13.1. The topological polar surface area (TPSA) is 75.9 Å². The molecule has 4 rings (SSSR count). The summed E-state index contributed by atoms with van der Waals surface area (Å²) in [7, 11) is 0. The second-order valence-corrected chi connectivity index (χ2v) is 6.28. The number of halogens is 1. The van der Waals surface area contributed by atoms with E-state index in [1.807, 2.05) is 29.7 Å². The van der Waals surface area contributed by atoms with Gasteiger partial charge in [-0.2, -0.15) is 0 Å².